The highest BCUT2D eigenvalue weighted by Gasteiger charge is 2.38. The molecule has 1 aliphatic carbocycles. The van der Waals surface area contributed by atoms with Gasteiger partial charge in [-0.15, -0.1) is 11.8 Å². The summed E-state index contributed by atoms with van der Waals surface area (Å²) in [5, 5.41) is 21.6. The van der Waals surface area contributed by atoms with Gasteiger partial charge in [0.25, 0.3) is 10.0 Å². The molecule has 0 heterocycles. The van der Waals surface area contributed by atoms with Crippen LogP contribution in [0.4, 0.5) is 0 Å². The first kappa shape index (κ1) is 79.0. The van der Waals surface area contributed by atoms with Gasteiger partial charge in [0.15, 0.2) is 0 Å². The van der Waals surface area contributed by atoms with Crippen LogP contribution < -0.4 is 69.2 Å². The first-order valence-electron chi connectivity index (χ1n) is 33.2. The van der Waals surface area contributed by atoms with Crippen LogP contribution in [0.1, 0.15) is 106 Å². The molecular weight excluding hydrogens is 1320 g/mol. The van der Waals surface area contributed by atoms with E-state index in [1.54, 1.807) is 99.3 Å². The van der Waals surface area contributed by atoms with E-state index in [0.717, 1.165) is 48.8 Å². The van der Waals surface area contributed by atoms with Gasteiger partial charge in [-0.3, -0.25) is 48.1 Å². The Morgan fingerprint density at radius 2 is 1.12 bits per heavy atom. The molecule has 15 N–H and O–H groups in total. The summed E-state index contributed by atoms with van der Waals surface area (Å²) in [6.07, 6.45) is 3.89. The van der Waals surface area contributed by atoms with Gasteiger partial charge in [-0.25, -0.2) is 13.1 Å². The number of guanidine groups is 1. The van der Waals surface area contributed by atoms with Gasteiger partial charge in [0, 0.05) is 60.9 Å². The van der Waals surface area contributed by atoms with Crippen molar-refractivity contribution in [1.29, 1.82) is 0 Å². The fraction of sp³-hybridized carbons (Fsp3) is 0.437. The predicted octanol–water partition coefficient (Wildman–Crippen LogP) is 3.84. The normalized spacial score (nSPS) is 14.7. The zero-order chi connectivity index (χ0) is 71.7. The Bertz CT molecular complexity index is 3590. The van der Waals surface area contributed by atoms with Crippen LogP contribution in [0.3, 0.4) is 0 Å². The van der Waals surface area contributed by atoms with Crippen LogP contribution in [-0.4, -0.2) is 147 Å². The summed E-state index contributed by atoms with van der Waals surface area (Å²) in [5.41, 5.74) is 21.4. The number of thioether (sulfide) groups is 2. The maximum Gasteiger partial charge on any atom is 0.264 e. The largest absolute Gasteiger partial charge is 0.494 e. The number of benzene rings is 5. The molecule has 0 aliphatic heterocycles. The lowest BCUT2D eigenvalue weighted by molar-refractivity contribution is -0.136. The number of ether oxygens (including phenoxy) is 1. The number of sulfonamides is 1. The lowest BCUT2D eigenvalue weighted by Crippen LogP contribution is -2.61. The Morgan fingerprint density at radius 1 is 0.586 bits per heavy atom. The van der Waals surface area contributed by atoms with Gasteiger partial charge < -0.3 is 64.5 Å². The lowest BCUT2D eigenvalue weighted by atomic mass is 9.85. The van der Waals surface area contributed by atoms with Crippen molar-refractivity contribution in [3.8, 4) is 5.75 Å². The number of amides is 9. The molecule has 0 unspecified atom stereocenters. The van der Waals surface area contributed by atoms with E-state index in [-0.39, 0.29) is 73.0 Å². The molecule has 1 fully saturated rings. The Kier molecular flexibility index (Phi) is 32.5. The van der Waals surface area contributed by atoms with E-state index in [1.165, 1.54) is 23.9 Å². The molecule has 0 bridgehead atoms. The van der Waals surface area contributed by atoms with Gasteiger partial charge in [0.1, 0.15) is 42.0 Å². The number of nitrogens with zero attached hydrogens (tertiary/aromatic N) is 1. The van der Waals surface area contributed by atoms with Crippen LogP contribution in [0.15, 0.2) is 149 Å². The average Bonchev–Trinajstić information content (AvgIpc) is 0.845. The van der Waals surface area contributed by atoms with Crippen LogP contribution in [0.5, 0.6) is 5.75 Å². The summed E-state index contributed by atoms with van der Waals surface area (Å²) in [4.78, 5) is 131. The smallest absolute Gasteiger partial charge is 0.264 e. The molecule has 99 heavy (non-hydrogen) atoms. The quantitative estimate of drug-likeness (QED) is 0.0151. The van der Waals surface area contributed by atoms with Crippen molar-refractivity contribution in [3.05, 3.63) is 167 Å². The van der Waals surface area contributed by atoms with Gasteiger partial charge in [-0.2, -0.15) is 11.8 Å². The van der Waals surface area contributed by atoms with E-state index < -0.39 is 118 Å². The van der Waals surface area contributed by atoms with E-state index in [0.29, 0.717) is 35.0 Å². The maximum absolute atomic E-state index is 14.9. The standard InChI is InChI=1S/C71H95N13O12S3/c1-5-96-53-30-28-50(29-31-53)40-56(78-61(86)42-71(34-16-9-17-35-71)98-45-52-23-14-8-15-24-52)65(89)80-57(39-49-19-10-6-11-20-49)67(91)83-63(47(2)3)69(93)81-58(41-60(73)85)66(90)82-59(46-97-44-51-21-12-7-13-22-51)68(92)79-55(64(88)77-43-62(87)75-38-36-72)25-18-37-76-70(74)84-99(94,95)54-32-26-48(4)27-33-54/h6-8,10-15,19-24,26-33,47,55-59,63H,5,9,16-18,25,34-46,72H2,1-4H3,(H2,73,85)(H,75,87)(H,77,88)(H,78,86)(H,79,92)(H,80,89)(H,81,93)(H,82,90)(H,83,91)(H3,74,76,84)/t55-,56+,57-,58-,59-,63-/m0/s1. The van der Waals surface area contributed by atoms with Gasteiger partial charge in [-0.05, 0) is 92.0 Å². The van der Waals surface area contributed by atoms with Crippen LogP contribution in [0.2, 0.25) is 0 Å². The van der Waals surface area contributed by atoms with E-state index in [1.807, 2.05) is 55.5 Å². The highest BCUT2D eigenvalue weighted by atomic mass is 32.2. The number of aliphatic imine (C=N–C) groups is 1. The Morgan fingerprint density at radius 3 is 1.72 bits per heavy atom. The number of primary amides is 1. The van der Waals surface area contributed by atoms with Crippen LogP contribution in [-0.2, 0) is 77.5 Å². The molecule has 9 amide bonds. The number of hydrogen-bond acceptors (Lipinski definition) is 16. The molecule has 28 heteroatoms. The van der Waals surface area contributed by atoms with E-state index >= 15 is 0 Å². The van der Waals surface area contributed by atoms with Crippen LogP contribution in [0, 0.1) is 12.8 Å². The number of rotatable bonds is 40. The number of hydrogen-bond donors (Lipinski definition) is 12. The minimum absolute atomic E-state index is 0.0314. The molecule has 5 aromatic carbocycles. The number of carbonyl (C=O) groups excluding carboxylic acids is 9. The Balaban J connectivity index is 1.22. The van der Waals surface area contributed by atoms with Crippen molar-refractivity contribution in [1.82, 2.24) is 47.3 Å². The molecule has 0 aromatic heterocycles. The molecule has 0 spiro atoms. The summed E-state index contributed by atoms with van der Waals surface area (Å²) in [7, 11) is -4.10. The number of carbonyl (C=O) groups is 9. The zero-order valence-electron chi connectivity index (χ0n) is 56.6. The molecular formula is C71H95N13O12S3. The summed E-state index contributed by atoms with van der Waals surface area (Å²) in [5.74, 6) is -6.60. The first-order chi connectivity index (χ1) is 47.4. The molecule has 5 aromatic rings. The van der Waals surface area contributed by atoms with Crippen molar-refractivity contribution < 1.29 is 56.3 Å². The van der Waals surface area contributed by atoms with Gasteiger partial charge in [0.2, 0.25) is 59.1 Å². The first-order valence-corrected chi connectivity index (χ1v) is 36.9. The third kappa shape index (κ3) is 27.7. The SMILES string of the molecule is CCOc1ccc(C[C@@H](NC(=O)CC2(SCc3ccccc3)CCCCC2)C(=O)N[C@@H](Cc2ccccc2)C(=O)N[C@H](C(=O)N[C@@H](CC(N)=O)C(=O)N[C@@H](CSCc2ccccc2)C(=O)N[C@@H](CCCN=C(N)NS(=O)(=O)c2ccc(C)cc2)C(=O)NCC(=O)NCCN)C(C)C)cc1. The highest BCUT2D eigenvalue weighted by Crippen LogP contribution is 2.44. The summed E-state index contributed by atoms with van der Waals surface area (Å²) >= 11 is 2.99. The molecule has 0 saturated heterocycles. The fourth-order valence-electron chi connectivity index (χ4n) is 10.9. The van der Waals surface area contributed by atoms with Crippen LogP contribution in [0.25, 0.3) is 0 Å². The summed E-state index contributed by atoms with van der Waals surface area (Å²) < 4.78 is 33.5. The number of nitrogens with one attached hydrogen (secondary N) is 9. The maximum atomic E-state index is 14.9. The third-order valence-electron chi connectivity index (χ3n) is 16.2. The van der Waals surface area contributed by atoms with Crippen molar-refractivity contribution in [2.24, 2.45) is 28.1 Å². The van der Waals surface area contributed by atoms with E-state index in [9.17, 15) is 51.6 Å². The Labute approximate surface area is 588 Å². The zero-order valence-corrected chi connectivity index (χ0v) is 59.0. The van der Waals surface area contributed by atoms with Crippen molar-refractivity contribution in [3.63, 3.8) is 0 Å². The second kappa shape index (κ2) is 40.8. The fourth-order valence-corrected chi connectivity index (χ4v) is 14.4. The summed E-state index contributed by atoms with van der Waals surface area (Å²) in [6.45, 7) is 6.99. The topological polar surface area (TPSA) is 396 Å². The van der Waals surface area contributed by atoms with Gasteiger partial charge in [-0.1, -0.05) is 154 Å². The minimum atomic E-state index is -4.10. The minimum Gasteiger partial charge on any atom is -0.494 e. The highest BCUT2D eigenvalue weighted by molar-refractivity contribution is 8.00. The lowest BCUT2D eigenvalue weighted by Gasteiger charge is -2.37. The van der Waals surface area contributed by atoms with Crippen LogP contribution >= 0.6 is 23.5 Å². The average molecular weight is 1420 g/mol. The molecule has 6 rings (SSSR count). The molecule has 1 saturated carbocycles. The molecule has 0 radical (unpaired) electrons. The second-order valence-corrected chi connectivity index (χ2v) is 28.8. The third-order valence-corrected chi connectivity index (χ3v) is 20.3. The molecule has 534 valence electrons. The number of nitrogens with two attached hydrogens (primary N) is 3. The molecule has 25 nitrogen and oxygen atoms in total. The predicted molar refractivity (Wildman–Crippen MR) is 385 cm³/mol. The van der Waals surface area contributed by atoms with E-state index in [2.05, 4.69) is 64.4 Å². The molecule has 6 atom stereocenters. The number of aryl methyl sites for hydroxylation is 1. The van der Waals surface area contributed by atoms with Gasteiger partial charge in [0.05, 0.1) is 24.5 Å². The monoisotopic (exact) mass is 1420 g/mol. The van der Waals surface area contributed by atoms with E-state index in [4.69, 9.17) is 21.9 Å². The molecule has 1 aliphatic rings. The Hall–Kier alpha value is -8.99. The van der Waals surface area contributed by atoms with Crippen molar-refractivity contribution >= 4 is 92.7 Å². The van der Waals surface area contributed by atoms with Gasteiger partial charge >= 0.3 is 0 Å². The second-order valence-electron chi connectivity index (χ2n) is 24.6. The summed E-state index contributed by atoms with van der Waals surface area (Å²) in [6, 6.07) is 32.8. The van der Waals surface area contributed by atoms with Crippen molar-refractivity contribution in [2.45, 2.75) is 156 Å². The van der Waals surface area contributed by atoms with Crippen molar-refractivity contribution in [2.75, 3.05) is 38.5 Å².